The van der Waals surface area contributed by atoms with Gasteiger partial charge in [0.2, 0.25) is 0 Å². The first-order valence-electron chi connectivity index (χ1n) is 6.09. The maximum Gasteiger partial charge on any atom is 0.182 e. The van der Waals surface area contributed by atoms with E-state index in [0.29, 0.717) is 18.9 Å². The normalized spacial score (nSPS) is 12.1. The van der Waals surface area contributed by atoms with Gasteiger partial charge in [-0.1, -0.05) is 0 Å². The van der Waals surface area contributed by atoms with E-state index in [1.54, 1.807) is 11.9 Å². The average Bonchev–Trinajstić information content (AvgIpc) is 2.72. The maximum atomic E-state index is 11.9. The molecule has 116 valence electrons. The number of methoxy groups -OCH3 is 2. The van der Waals surface area contributed by atoms with Crippen LogP contribution in [0, 0.1) is 0 Å². The Bertz CT molecular complexity index is 551. The Morgan fingerprint density at radius 2 is 1.95 bits per heavy atom. The Morgan fingerprint density at radius 3 is 2.35 bits per heavy atom. The van der Waals surface area contributed by atoms with E-state index in [1.807, 2.05) is 6.92 Å². The Kier molecular flexibility index (Phi) is 5.37. The average molecular weight is 306 g/mol. The molecule has 0 aliphatic carbocycles. The van der Waals surface area contributed by atoms with Crippen LogP contribution in [0.1, 0.15) is 6.92 Å². The van der Waals surface area contributed by atoms with Crippen LogP contribution in [-0.2, 0) is 25.9 Å². The molecule has 0 fully saturated rings. The van der Waals surface area contributed by atoms with Crippen LogP contribution < -0.4 is 10.6 Å². The molecular formula is C11H22N4O4S. The second-order valence-corrected chi connectivity index (χ2v) is 6.36. The Labute approximate surface area is 119 Å². The molecule has 0 unspecified atom stereocenters. The lowest BCUT2D eigenvalue weighted by molar-refractivity contribution is -0.0945. The molecule has 1 heterocycles. The van der Waals surface area contributed by atoms with E-state index in [-0.39, 0.29) is 10.7 Å². The third-order valence-corrected chi connectivity index (χ3v) is 4.04. The number of rotatable bonds is 7. The highest BCUT2D eigenvalue weighted by Crippen LogP contribution is 2.29. The van der Waals surface area contributed by atoms with Crippen molar-refractivity contribution in [1.29, 1.82) is 0 Å². The Hall–Kier alpha value is -1.32. The summed E-state index contributed by atoms with van der Waals surface area (Å²) in [6.07, 6.45) is 0.627. The fraction of sp³-hybridized carbons (Fsp3) is 0.727. The third kappa shape index (κ3) is 3.41. The lowest BCUT2D eigenvalue weighted by Crippen LogP contribution is -2.32. The number of nitrogens with two attached hydrogens (primary N) is 1. The van der Waals surface area contributed by atoms with Crippen LogP contribution in [-0.4, -0.2) is 58.6 Å². The van der Waals surface area contributed by atoms with Crippen molar-refractivity contribution >= 4 is 21.5 Å². The number of aryl methyl sites for hydroxylation is 1. The fourth-order valence-electron chi connectivity index (χ4n) is 1.85. The first kappa shape index (κ1) is 16.7. The Balaban J connectivity index is 3.23. The third-order valence-electron chi connectivity index (χ3n) is 2.91. The summed E-state index contributed by atoms with van der Waals surface area (Å²) in [6, 6.07) is 0. The molecule has 0 amide bonds. The second-order valence-electron chi connectivity index (χ2n) is 4.41. The quantitative estimate of drug-likeness (QED) is 0.705. The number of nitrogen functional groups attached to an aromatic ring is 1. The van der Waals surface area contributed by atoms with Crippen LogP contribution in [0.5, 0.6) is 0 Å². The molecule has 0 aromatic carbocycles. The molecule has 9 heteroatoms. The minimum Gasteiger partial charge on any atom is -0.383 e. The van der Waals surface area contributed by atoms with Gasteiger partial charge in [0.15, 0.2) is 26.8 Å². The van der Waals surface area contributed by atoms with Crippen molar-refractivity contribution in [1.82, 2.24) is 9.78 Å². The number of sulfone groups is 1. The number of likely N-dealkylation sites (N-methyl/N-ethyl adjacent to an activating group) is 1. The molecular weight excluding hydrogens is 284 g/mol. The van der Waals surface area contributed by atoms with Gasteiger partial charge in [-0.25, -0.2) is 13.1 Å². The molecule has 0 saturated heterocycles. The summed E-state index contributed by atoms with van der Waals surface area (Å²) in [5, 5.41) is 4.24. The van der Waals surface area contributed by atoms with Crippen LogP contribution in [0.3, 0.4) is 0 Å². The zero-order valence-corrected chi connectivity index (χ0v) is 13.3. The molecule has 1 aromatic heterocycles. The molecule has 2 N–H and O–H groups in total. The number of nitrogens with zero attached hydrogens (tertiary/aromatic N) is 3. The molecule has 0 bridgehead atoms. The number of hydrogen-bond donors (Lipinski definition) is 1. The van der Waals surface area contributed by atoms with Crippen molar-refractivity contribution < 1.29 is 17.9 Å². The first-order chi connectivity index (χ1) is 9.26. The van der Waals surface area contributed by atoms with E-state index in [1.165, 1.54) is 18.9 Å². The topological polar surface area (TPSA) is 99.7 Å². The van der Waals surface area contributed by atoms with Gasteiger partial charge in [0.1, 0.15) is 5.82 Å². The van der Waals surface area contributed by atoms with Gasteiger partial charge in [0, 0.05) is 34.1 Å². The molecule has 0 atom stereocenters. The van der Waals surface area contributed by atoms with Crippen molar-refractivity contribution in [2.45, 2.75) is 24.7 Å². The molecule has 8 nitrogen and oxygen atoms in total. The van der Waals surface area contributed by atoms with Crippen molar-refractivity contribution in [3.05, 3.63) is 0 Å². The highest BCUT2D eigenvalue weighted by molar-refractivity contribution is 7.91. The molecule has 0 aliphatic heterocycles. The van der Waals surface area contributed by atoms with E-state index >= 15 is 0 Å². The van der Waals surface area contributed by atoms with E-state index in [2.05, 4.69) is 5.10 Å². The van der Waals surface area contributed by atoms with Gasteiger partial charge >= 0.3 is 0 Å². The summed E-state index contributed by atoms with van der Waals surface area (Å²) in [4.78, 5) is 1.68. The zero-order valence-electron chi connectivity index (χ0n) is 12.5. The van der Waals surface area contributed by atoms with Gasteiger partial charge in [0.05, 0.1) is 6.54 Å². The summed E-state index contributed by atoms with van der Waals surface area (Å²) in [5.41, 5.74) is 5.87. The summed E-state index contributed by atoms with van der Waals surface area (Å²) in [6.45, 7) is 2.65. The van der Waals surface area contributed by atoms with Gasteiger partial charge < -0.3 is 20.1 Å². The number of hydrogen-bond acceptors (Lipinski definition) is 7. The number of ether oxygens (including phenoxy) is 2. The molecule has 20 heavy (non-hydrogen) atoms. The molecule has 0 aliphatic rings. The van der Waals surface area contributed by atoms with Gasteiger partial charge in [0.25, 0.3) is 0 Å². The van der Waals surface area contributed by atoms with Crippen LogP contribution >= 0.6 is 0 Å². The smallest absolute Gasteiger partial charge is 0.182 e. The summed E-state index contributed by atoms with van der Waals surface area (Å²) >= 11 is 0. The molecule has 0 radical (unpaired) electrons. The van der Waals surface area contributed by atoms with Crippen LogP contribution in [0.4, 0.5) is 11.6 Å². The van der Waals surface area contributed by atoms with Gasteiger partial charge in [-0.2, -0.15) is 5.10 Å². The summed E-state index contributed by atoms with van der Waals surface area (Å²) in [7, 11) is 1.26. The predicted molar refractivity (Wildman–Crippen MR) is 76.5 cm³/mol. The zero-order chi connectivity index (χ0) is 15.5. The minimum atomic E-state index is -3.48. The number of anilines is 2. The monoisotopic (exact) mass is 306 g/mol. The SMILES string of the molecule is CCn1nc(N(C)CC(OC)OC)c(S(C)(=O)=O)c1N. The number of aromatic nitrogens is 2. The fourth-order valence-corrected chi connectivity index (χ4v) is 2.86. The van der Waals surface area contributed by atoms with E-state index in [4.69, 9.17) is 15.2 Å². The predicted octanol–water partition coefficient (Wildman–Crippen LogP) is -0.0562. The summed E-state index contributed by atoms with van der Waals surface area (Å²) in [5.74, 6) is 0.439. The van der Waals surface area contributed by atoms with Crippen molar-refractivity contribution in [3.8, 4) is 0 Å². The Morgan fingerprint density at radius 1 is 1.40 bits per heavy atom. The highest BCUT2D eigenvalue weighted by atomic mass is 32.2. The van der Waals surface area contributed by atoms with Crippen molar-refractivity contribution in [2.24, 2.45) is 0 Å². The van der Waals surface area contributed by atoms with Gasteiger partial charge in [-0.05, 0) is 6.92 Å². The van der Waals surface area contributed by atoms with Gasteiger partial charge in [-0.3, -0.25) is 0 Å². The lowest BCUT2D eigenvalue weighted by atomic mass is 10.4. The largest absolute Gasteiger partial charge is 0.383 e. The van der Waals surface area contributed by atoms with E-state index in [9.17, 15) is 8.42 Å². The molecule has 1 rings (SSSR count). The van der Waals surface area contributed by atoms with E-state index in [0.717, 1.165) is 6.26 Å². The van der Waals surface area contributed by atoms with E-state index < -0.39 is 16.1 Å². The minimum absolute atomic E-state index is 0.0350. The van der Waals surface area contributed by atoms with Gasteiger partial charge in [-0.15, -0.1) is 0 Å². The lowest BCUT2D eigenvalue weighted by Gasteiger charge is -2.22. The van der Waals surface area contributed by atoms with Crippen molar-refractivity contribution in [2.75, 3.05) is 44.7 Å². The molecule has 0 saturated carbocycles. The van der Waals surface area contributed by atoms with Crippen LogP contribution in [0.2, 0.25) is 0 Å². The summed E-state index contributed by atoms with van der Waals surface area (Å²) < 4.78 is 35.5. The second kappa shape index (κ2) is 6.42. The van der Waals surface area contributed by atoms with Crippen LogP contribution in [0.15, 0.2) is 4.90 Å². The standard InChI is InChI=1S/C11H22N4O4S/c1-6-15-10(12)9(20(5,16)17)11(13-15)14(2)7-8(18-3)19-4/h8H,6-7,12H2,1-5H3. The highest BCUT2D eigenvalue weighted by Gasteiger charge is 2.27. The first-order valence-corrected chi connectivity index (χ1v) is 7.98. The molecule has 0 spiro atoms. The van der Waals surface area contributed by atoms with Crippen molar-refractivity contribution in [3.63, 3.8) is 0 Å². The maximum absolute atomic E-state index is 11.9. The molecule has 1 aromatic rings. The van der Waals surface area contributed by atoms with Crippen LogP contribution in [0.25, 0.3) is 0 Å².